The largest absolute Gasteiger partial charge is 0.393 e. The van der Waals surface area contributed by atoms with Gasteiger partial charge in [0.05, 0.1) is 12.2 Å². The summed E-state index contributed by atoms with van der Waals surface area (Å²) >= 11 is 2.55. The van der Waals surface area contributed by atoms with E-state index in [9.17, 15) is 10.2 Å². The highest BCUT2D eigenvalue weighted by Gasteiger charge is 2.28. The summed E-state index contributed by atoms with van der Waals surface area (Å²) in [6.07, 6.45) is 10.9. The van der Waals surface area contributed by atoms with Crippen molar-refractivity contribution < 1.29 is 10.2 Å². The fourth-order valence-corrected chi connectivity index (χ4v) is 4.47. The van der Waals surface area contributed by atoms with E-state index in [0.29, 0.717) is 17.8 Å². The fraction of sp³-hybridized carbons (Fsp3) is 1.00. The Hall–Kier alpha value is 0.650. The van der Waals surface area contributed by atoms with Gasteiger partial charge in [0, 0.05) is 3.92 Å². The molecule has 0 heterocycles. The normalized spacial score (nSPS) is 28.1. The van der Waals surface area contributed by atoms with Crippen LogP contribution in [0, 0.1) is 17.8 Å². The SMILES string of the molecule is CCC(O)CCC[C@@H](CC(O)C1CCC(I)CC1)C(C)CC. The Labute approximate surface area is 151 Å². The summed E-state index contributed by atoms with van der Waals surface area (Å²) < 4.78 is 0.821. The average molecular weight is 424 g/mol. The second kappa shape index (κ2) is 11.2. The summed E-state index contributed by atoms with van der Waals surface area (Å²) in [7, 11) is 0. The lowest BCUT2D eigenvalue weighted by Gasteiger charge is -2.33. The molecule has 3 unspecified atom stereocenters. The third-order valence-electron chi connectivity index (χ3n) is 5.82. The number of halogens is 1. The van der Waals surface area contributed by atoms with Crippen molar-refractivity contribution >= 4 is 22.6 Å². The van der Waals surface area contributed by atoms with E-state index in [1.165, 1.54) is 32.1 Å². The van der Waals surface area contributed by atoms with Gasteiger partial charge in [-0.25, -0.2) is 0 Å². The molecular formula is C19H37IO2. The summed E-state index contributed by atoms with van der Waals surface area (Å²) in [4.78, 5) is 0. The van der Waals surface area contributed by atoms with Gasteiger partial charge in [-0.15, -0.1) is 0 Å². The predicted octanol–water partition coefficient (Wildman–Crippen LogP) is 5.33. The Morgan fingerprint density at radius 3 is 2.18 bits per heavy atom. The van der Waals surface area contributed by atoms with Crippen molar-refractivity contribution in [3.63, 3.8) is 0 Å². The fourth-order valence-electron chi connectivity index (χ4n) is 3.75. The molecule has 22 heavy (non-hydrogen) atoms. The molecule has 0 spiro atoms. The average Bonchev–Trinajstić information content (AvgIpc) is 2.53. The van der Waals surface area contributed by atoms with Crippen LogP contribution in [0.25, 0.3) is 0 Å². The van der Waals surface area contributed by atoms with Crippen molar-refractivity contribution in [2.45, 2.75) is 101 Å². The molecule has 1 fully saturated rings. The smallest absolute Gasteiger partial charge is 0.0571 e. The van der Waals surface area contributed by atoms with E-state index in [4.69, 9.17) is 0 Å². The first kappa shape index (κ1) is 20.7. The first-order chi connectivity index (χ1) is 10.5. The summed E-state index contributed by atoms with van der Waals surface area (Å²) in [5.74, 6) is 1.81. The number of rotatable bonds is 10. The number of alkyl halides is 1. The van der Waals surface area contributed by atoms with Crippen molar-refractivity contribution in [1.82, 2.24) is 0 Å². The highest BCUT2D eigenvalue weighted by Crippen LogP contribution is 2.35. The van der Waals surface area contributed by atoms with Crippen LogP contribution in [0.5, 0.6) is 0 Å². The number of hydrogen-bond donors (Lipinski definition) is 2. The molecule has 3 heteroatoms. The summed E-state index contributed by atoms with van der Waals surface area (Å²) in [6.45, 7) is 6.63. The van der Waals surface area contributed by atoms with Gasteiger partial charge in [-0.3, -0.25) is 0 Å². The molecular weight excluding hydrogens is 387 g/mol. The van der Waals surface area contributed by atoms with E-state index in [-0.39, 0.29) is 12.2 Å². The minimum Gasteiger partial charge on any atom is -0.393 e. The minimum atomic E-state index is -0.138. The zero-order chi connectivity index (χ0) is 16.5. The topological polar surface area (TPSA) is 40.5 Å². The van der Waals surface area contributed by atoms with Crippen LogP contribution in [0.15, 0.2) is 0 Å². The zero-order valence-electron chi connectivity index (χ0n) is 14.8. The Kier molecular flexibility index (Phi) is 10.6. The Balaban J connectivity index is 2.42. The molecule has 0 aromatic rings. The molecule has 1 saturated carbocycles. The van der Waals surface area contributed by atoms with E-state index in [1.54, 1.807) is 0 Å². The van der Waals surface area contributed by atoms with Crippen molar-refractivity contribution in [2.24, 2.45) is 17.8 Å². The molecule has 2 nitrogen and oxygen atoms in total. The molecule has 132 valence electrons. The molecule has 2 N–H and O–H groups in total. The van der Waals surface area contributed by atoms with E-state index in [1.807, 2.05) is 6.92 Å². The zero-order valence-corrected chi connectivity index (χ0v) is 17.0. The summed E-state index contributed by atoms with van der Waals surface area (Å²) in [5.41, 5.74) is 0. The van der Waals surface area contributed by atoms with Crippen LogP contribution in [0.3, 0.4) is 0 Å². The predicted molar refractivity (Wildman–Crippen MR) is 103 cm³/mol. The van der Waals surface area contributed by atoms with Crippen LogP contribution in [0.4, 0.5) is 0 Å². The first-order valence-electron chi connectivity index (χ1n) is 9.48. The lowest BCUT2D eigenvalue weighted by atomic mass is 9.77. The lowest BCUT2D eigenvalue weighted by molar-refractivity contribution is 0.0511. The number of hydrogen-bond acceptors (Lipinski definition) is 2. The van der Waals surface area contributed by atoms with Crippen molar-refractivity contribution in [3.8, 4) is 0 Å². The summed E-state index contributed by atoms with van der Waals surface area (Å²) in [6, 6.07) is 0. The molecule has 0 amide bonds. The molecule has 0 aromatic heterocycles. The molecule has 1 aliphatic rings. The van der Waals surface area contributed by atoms with Gasteiger partial charge in [-0.1, -0.05) is 62.6 Å². The molecule has 0 saturated heterocycles. The van der Waals surface area contributed by atoms with Gasteiger partial charge in [-0.05, 0) is 62.7 Å². The molecule has 0 aromatic carbocycles. The van der Waals surface area contributed by atoms with Gasteiger partial charge in [0.2, 0.25) is 0 Å². The van der Waals surface area contributed by atoms with Crippen LogP contribution in [0.2, 0.25) is 0 Å². The van der Waals surface area contributed by atoms with Crippen LogP contribution in [-0.2, 0) is 0 Å². The molecule has 4 atom stereocenters. The van der Waals surface area contributed by atoms with E-state index in [0.717, 1.165) is 36.0 Å². The van der Waals surface area contributed by atoms with Gasteiger partial charge in [-0.2, -0.15) is 0 Å². The van der Waals surface area contributed by atoms with Crippen LogP contribution < -0.4 is 0 Å². The molecule has 0 aliphatic heterocycles. The number of aliphatic hydroxyl groups excluding tert-OH is 2. The third-order valence-corrected chi connectivity index (χ3v) is 7.07. The second-order valence-electron chi connectivity index (χ2n) is 7.45. The first-order valence-corrected chi connectivity index (χ1v) is 10.7. The van der Waals surface area contributed by atoms with Gasteiger partial charge in [0.15, 0.2) is 0 Å². The van der Waals surface area contributed by atoms with Gasteiger partial charge < -0.3 is 10.2 Å². The quantitative estimate of drug-likeness (QED) is 0.367. The highest BCUT2D eigenvalue weighted by atomic mass is 127. The standard InChI is InChI=1S/C19H37IO2/c1-4-14(3)16(7-6-8-18(21)5-2)13-19(22)15-9-11-17(20)12-10-15/h14-19,21-22H,4-13H2,1-3H3/t14?,15?,16-,17?,18?,19?/m0/s1. The van der Waals surface area contributed by atoms with Crippen molar-refractivity contribution in [2.75, 3.05) is 0 Å². The van der Waals surface area contributed by atoms with Crippen LogP contribution in [0.1, 0.15) is 85.0 Å². The van der Waals surface area contributed by atoms with E-state index < -0.39 is 0 Å². The lowest BCUT2D eigenvalue weighted by Crippen LogP contribution is -2.29. The highest BCUT2D eigenvalue weighted by molar-refractivity contribution is 14.1. The molecule has 1 aliphatic carbocycles. The summed E-state index contributed by atoms with van der Waals surface area (Å²) in [5, 5.41) is 20.4. The Morgan fingerprint density at radius 2 is 1.64 bits per heavy atom. The van der Waals surface area contributed by atoms with E-state index >= 15 is 0 Å². The third kappa shape index (κ3) is 7.48. The molecule has 0 radical (unpaired) electrons. The van der Waals surface area contributed by atoms with Crippen LogP contribution >= 0.6 is 22.6 Å². The van der Waals surface area contributed by atoms with Gasteiger partial charge >= 0.3 is 0 Å². The van der Waals surface area contributed by atoms with Gasteiger partial charge in [0.25, 0.3) is 0 Å². The number of aliphatic hydroxyl groups is 2. The van der Waals surface area contributed by atoms with Gasteiger partial charge in [0.1, 0.15) is 0 Å². The van der Waals surface area contributed by atoms with Crippen molar-refractivity contribution in [3.05, 3.63) is 0 Å². The maximum Gasteiger partial charge on any atom is 0.0571 e. The Bertz CT molecular complexity index is 277. The monoisotopic (exact) mass is 424 g/mol. The van der Waals surface area contributed by atoms with E-state index in [2.05, 4.69) is 36.4 Å². The molecule has 0 bridgehead atoms. The molecule has 1 rings (SSSR count). The van der Waals surface area contributed by atoms with Crippen LogP contribution in [-0.4, -0.2) is 26.3 Å². The minimum absolute atomic E-state index is 0.112. The maximum absolute atomic E-state index is 10.7. The second-order valence-corrected chi connectivity index (χ2v) is 9.22. The Morgan fingerprint density at radius 1 is 1.00 bits per heavy atom. The maximum atomic E-state index is 10.7. The van der Waals surface area contributed by atoms with Crippen molar-refractivity contribution in [1.29, 1.82) is 0 Å².